The van der Waals surface area contributed by atoms with E-state index in [2.05, 4.69) is 4.72 Å². The highest BCUT2D eigenvalue weighted by Crippen LogP contribution is 2.31. The standard InChI is InChI=1S/C12H13ClN2O3S/c13-10-3-1-4-11(9(10)7-14)19(17,18)15-8-12(16)5-2-6-12/h1,3-4,15-16H,2,5-6,8H2. The van der Waals surface area contributed by atoms with Crippen LogP contribution in [0.4, 0.5) is 0 Å². The maximum absolute atomic E-state index is 12.1. The normalized spacial score (nSPS) is 17.5. The molecule has 1 aliphatic rings. The van der Waals surface area contributed by atoms with Gasteiger partial charge in [-0.1, -0.05) is 17.7 Å². The van der Waals surface area contributed by atoms with Gasteiger partial charge in [0, 0.05) is 6.54 Å². The van der Waals surface area contributed by atoms with Crippen molar-refractivity contribution in [2.75, 3.05) is 6.54 Å². The van der Waals surface area contributed by atoms with E-state index < -0.39 is 15.6 Å². The van der Waals surface area contributed by atoms with Crippen molar-refractivity contribution in [2.24, 2.45) is 0 Å². The first-order valence-corrected chi connectivity index (χ1v) is 7.65. The predicted molar refractivity (Wildman–Crippen MR) is 70.2 cm³/mol. The summed E-state index contributed by atoms with van der Waals surface area (Å²) in [4.78, 5) is -0.162. The molecule has 0 amide bonds. The summed E-state index contributed by atoms with van der Waals surface area (Å²) >= 11 is 5.80. The molecule has 0 aliphatic heterocycles. The lowest BCUT2D eigenvalue weighted by molar-refractivity contribution is -0.0270. The van der Waals surface area contributed by atoms with E-state index in [-0.39, 0.29) is 22.0 Å². The van der Waals surface area contributed by atoms with E-state index in [9.17, 15) is 13.5 Å². The third-order valence-corrected chi connectivity index (χ3v) is 5.01. The number of hydrogen-bond acceptors (Lipinski definition) is 4. The molecule has 1 fully saturated rings. The highest BCUT2D eigenvalue weighted by atomic mass is 35.5. The van der Waals surface area contributed by atoms with Gasteiger partial charge in [-0.15, -0.1) is 0 Å². The smallest absolute Gasteiger partial charge is 0.242 e. The number of aliphatic hydroxyl groups is 1. The van der Waals surface area contributed by atoms with E-state index in [0.717, 1.165) is 6.42 Å². The van der Waals surface area contributed by atoms with Gasteiger partial charge in [-0.3, -0.25) is 0 Å². The van der Waals surface area contributed by atoms with Gasteiger partial charge >= 0.3 is 0 Å². The quantitative estimate of drug-likeness (QED) is 0.879. The van der Waals surface area contributed by atoms with Gasteiger partial charge < -0.3 is 5.11 Å². The topological polar surface area (TPSA) is 90.2 Å². The molecular formula is C12H13ClN2O3S. The molecule has 0 heterocycles. The number of nitriles is 1. The summed E-state index contributed by atoms with van der Waals surface area (Å²) in [5.41, 5.74) is -1.05. The zero-order chi connectivity index (χ0) is 14.1. The molecule has 2 N–H and O–H groups in total. The van der Waals surface area contributed by atoms with Crippen LogP contribution < -0.4 is 4.72 Å². The highest BCUT2D eigenvalue weighted by molar-refractivity contribution is 7.89. The van der Waals surface area contributed by atoms with Gasteiger partial charge in [-0.25, -0.2) is 13.1 Å². The molecule has 7 heteroatoms. The molecule has 1 aromatic rings. The summed E-state index contributed by atoms with van der Waals surface area (Å²) in [6, 6.07) is 6.02. The van der Waals surface area contributed by atoms with Gasteiger partial charge in [-0.05, 0) is 31.4 Å². The van der Waals surface area contributed by atoms with E-state index in [1.54, 1.807) is 6.07 Å². The monoisotopic (exact) mass is 300 g/mol. The minimum atomic E-state index is -3.85. The minimum absolute atomic E-state index is 0.0489. The van der Waals surface area contributed by atoms with Crippen molar-refractivity contribution in [1.82, 2.24) is 4.72 Å². The third kappa shape index (κ3) is 2.90. The van der Waals surface area contributed by atoms with Crippen LogP contribution >= 0.6 is 11.6 Å². The predicted octanol–water partition coefficient (Wildman–Crippen LogP) is 1.40. The molecular weight excluding hydrogens is 288 g/mol. The van der Waals surface area contributed by atoms with Gasteiger partial charge in [0.05, 0.1) is 16.2 Å². The molecule has 2 rings (SSSR count). The molecule has 0 bridgehead atoms. The Morgan fingerprint density at radius 3 is 2.68 bits per heavy atom. The number of sulfonamides is 1. The number of nitrogens with zero attached hydrogens (tertiary/aromatic N) is 1. The Labute approximate surface area is 116 Å². The van der Waals surface area contributed by atoms with E-state index in [1.807, 2.05) is 0 Å². The van der Waals surface area contributed by atoms with Gasteiger partial charge in [0.1, 0.15) is 11.0 Å². The average molecular weight is 301 g/mol. The van der Waals surface area contributed by atoms with E-state index >= 15 is 0 Å². The van der Waals surface area contributed by atoms with Crippen molar-refractivity contribution in [3.8, 4) is 6.07 Å². The highest BCUT2D eigenvalue weighted by Gasteiger charge is 2.35. The molecule has 0 saturated heterocycles. The van der Waals surface area contributed by atoms with Crippen LogP contribution in [-0.2, 0) is 10.0 Å². The number of hydrogen-bond donors (Lipinski definition) is 2. The minimum Gasteiger partial charge on any atom is -0.389 e. The molecule has 19 heavy (non-hydrogen) atoms. The molecule has 0 unspecified atom stereocenters. The fourth-order valence-corrected chi connectivity index (χ4v) is 3.47. The van der Waals surface area contributed by atoms with Crippen LogP contribution in [0.2, 0.25) is 5.02 Å². The first-order chi connectivity index (χ1) is 8.88. The summed E-state index contributed by atoms with van der Waals surface area (Å²) in [6.45, 7) is -0.0489. The van der Waals surface area contributed by atoms with Crippen molar-refractivity contribution in [3.05, 3.63) is 28.8 Å². The zero-order valence-corrected chi connectivity index (χ0v) is 11.6. The first kappa shape index (κ1) is 14.3. The molecule has 5 nitrogen and oxygen atoms in total. The molecule has 0 spiro atoms. The van der Waals surface area contributed by atoms with Crippen molar-refractivity contribution < 1.29 is 13.5 Å². The fourth-order valence-electron chi connectivity index (χ4n) is 1.91. The van der Waals surface area contributed by atoms with Gasteiger partial charge in [0.25, 0.3) is 0 Å². The number of benzene rings is 1. The van der Waals surface area contributed by atoms with Crippen molar-refractivity contribution >= 4 is 21.6 Å². The molecule has 102 valence electrons. The van der Waals surface area contributed by atoms with Crippen LogP contribution in [0, 0.1) is 11.3 Å². The summed E-state index contributed by atoms with van der Waals surface area (Å²) < 4.78 is 26.6. The third-order valence-electron chi connectivity index (χ3n) is 3.25. The summed E-state index contributed by atoms with van der Waals surface area (Å²) in [7, 11) is -3.85. The summed E-state index contributed by atoms with van der Waals surface area (Å²) in [5, 5.41) is 18.9. The number of nitrogens with one attached hydrogen (secondary N) is 1. The zero-order valence-electron chi connectivity index (χ0n) is 10.1. The Morgan fingerprint density at radius 1 is 1.47 bits per heavy atom. The SMILES string of the molecule is N#Cc1c(Cl)cccc1S(=O)(=O)NCC1(O)CCC1. The van der Waals surface area contributed by atoms with E-state index in [4.69, 9.17) is 16.9 Å². The second-order valence-corrected chi connectivity index (χ2v) is 6.77. The fraction of sp³-hybridized carbons (Fsp3) is 0.417. The van der Waals surface area contributed by atoms with Crippen LogP contribution in [0.25, 0.3) is 0 Å². The molecule has 0 radical (unpaired) electrons. The van der Waals surface area contributed by atoms with Crippen LogP contribution in [0.5, 0.6) is 0 Å². The van der Waals surface area contributed by atoms with Crippen molar-refractivity contribution in [2.45, 2.75) is 29.8 Å². The molecule has 1 aliphatic carbocycles. The molecule has 1 saturated carbocycles. The van der Waals surface area contributed by atoms with E-state index in [0.29, 0.717) is 12.8 Å². The van der Waals surface area contributed by atoms with Crippen LogP contribution in [0.15, 0.2) is 23.1 Å². The first-order valence-electron chi connectivity index (χ1n) is 5.79. The second-order valence-electron chi connectivity index (χ2n) is 4.63. The molecule has 0 aromatic heterocycles. The lowest BCUT2D eigenvalue weighted by atomic mass is 9.81. The average Bonchev–Trinajstić information content (AvgIpc) is 2.34. The Bertz CT molecular complexity index is 633. The lowest BCUT2D eigenvalue weighted by Gasteiger charge is -2.36. The maximum atomic E-state index is 12.1. The maximum Gasteiger partial charge on any atom is 0.242 e. The number of rotatable bonds is 4. The number of halogens is 1. The second kappa shape index (κ2) is 5.10. The summed E-state index contributed by atoms with van der Waals surface area (Å²) in [5.74, 6) is 0. The largest absolute Gasteiger partial charge is 0.389 e. The van der Waals surface area contributed by atoms with Crippen LogP contribution in [0.3, 0.4) is 0 Å². The molecule has 0 atom stereocenters. The van der Waals surface area contributed by atoms with Gasteiger partial charge in [0.2, 0.25) is 10.0 Å². The van der Waals surface area contributed by atoms with E-state index in [1.165, 1.54) is 18.2 Å². The lowest BCUT2D eigenvalue weighted by Crippen LogP contribution is -2.47. The Hall–Kier alpha value is -1.13. The van der Waals surface area contributed by atoms with Gasteiger partial charge in [0.15, 0.2) is 0 Å². The van der Waals surface area contributed by atoms with Gasteiger partial charge in [-0.2, -0.15) is 5.26 Å². The van der Waals surface area contributed by atoms with Crippen LogP contribution in [-0.4, -0.2) is 25.7 Å². The Balaban J connectivity index is 2.25. The Kier molecular flexibility index (Phi) is 3.83. The van der Waals surface area contributed by atoms with Crippen LogP contribution in [0.1, 0.15) is 24.8 Å². The summed E-state index contributed by atoms with van der Waals surface area (Å²) in [6.07, 6.45) is 2.05. The van der Waals surface area contributed by atoms with Crippen molar-refractivity contribution in [1.29, 1.82) is 5.26 Å². The Morgan fingerprint density at radius 2 is 2.16 bits per heavy atom. The van der Waals surface area contributed by atoms with Crippen molar-refractivity contribution in [3.63, 3.8) is 0 Å². The molecule has 1 aromatic carbocycles.